The third-order valence-corrected chi connectivity index (χ3v) is 12.6. The molecule has 0 aliphatic carbocycles. The quantitative estimate of drug-likeness (QED) is 0.168. The fourth-order valence-corrected chi connectivity index (χ4v) is 9.89. The fourth-order valence-electron chi connectivity index (χ4n) is 9.89. The fraction of sp³-hybridized carbons (Fsp3) is 0. The highest BCUT2D eigenvalue weighted by Crippen LogP contribution is 2.48. The first-order valence-corrected chi connectivity index (χ1v) is 21.1. The van der Waals surface area contributed by atoms with Gasteiger partial charge in [0.05, 0.1) is 16.7 Å². The largest absolute Gasteiger partial charge is 0.456 e. The molecule has 0 aliphatic heterocycles. The Labute approximate surface area is 356 Å². The molecule has 0 unspecified atom stereocenters. The summed E-state index contributed by atoms with van der Waals surface area (Å²) in [5.74, 6) is 0. The lowest BCUT2D eigenvalue weighted by molar-refractivity contribution is 0.668. The lowest BCUT2D eigenvalue weighted by atomic mass is 9.93. The molecule has 3 aromatic heterocycles. The van der Waals surface area contributed by atoms with Gasteiger partial charge < -0.3 is 18.3 Å². The summed E-state index contributed by atoms with van der Waals surface area (Å²) in [5, 5.41) is 9.23. The molecule has 0 N–H and O–H groups in total. The summed E-state index contributed by atoms with van der Waals surface area (Å²) >= 11 is 0. The Kier molecular flexibility index (Phi) is 7.57. The Morgan fingerprint density at radius 2 is 0.968 bits per heavy atom. The molecule has 0 spiro atoms. The topological polar surface area (TPSA) is 34.5 Å². The predicted molar refractivity (Wildman–Crippen MR) is 258 cm³/mol. The van der Waals surface area contributed by atoms with Crippen molar-refractivity contribution >= 4 is 93.5 Å². The van der Waals surface area contributed by atoms with Crippen molar-refractivity contribution in [1.29, 1.82) is 0 Å². The summed E-state index contributed by atoms with van der Waals surface area (Å²) in [6, 6.07) is 77.9. The molecule has 10 aromatic carbocycles. The van der Waals surface area contributed by atoms with Gasteiger partial charge in [-0.05, 0) is 88.8 Å². The van der Waals surface area contributed by atoms with Gasteiger partial charge in [-0.1, -0.05) is 146 Å². The van der Waals surface area contributed by atoms with E-state index in [1.165, 1.54) is 27.1 Å². The minimum absolute atomic E-state index is 0.860. The summed E-state index contributed by atoms with van der Waals surface area (Å²) in [6.07, 6.45) is 0. The zero-order valence-corrected chi connectivity index (χ0v) is 33.5. The number of hydrogen-bond acceptors (Lipinski definition) is 3. The molecule has 13 rings (SSSR count). The smallest absolute Gasteiger partial charge is 0.138 e. The van der Waals surface area contributed by atoms with Crippen LogP contribution in [-0.2, 0) is 0 Å². The van der Waals surface area contributed by atoms with Gasteiger partial charge in [-0.3, -0.25) is 0 Å². The van der Waals surface area contributed by atoms with Gasteiger partial charge in [0.25, 0.3) is 0 Å². The number of benzene rings is 10. The summed E-state index contributed by atoms with van der Waals surface area (Å²) in [6.45, 7) is 0. The minimum atomic E-state index is 0.860. The van der Waals surface area contributed by atoms with Crippen molar-refractivity contribution in [2.75, 3.05) is 4.90 Å². The first kappa shape index (κ1) is 34.5. The van der Waals surface area contributed by atoms with Crippen LogP contribution in [0.1, 0.15) is 0 Å². The van der Waals surface area contributed by atoms with E-state index in [2.05, 4.69) is 210 Å². The zero-order valence-electron chi connectivity index (χ0n) is 33.5. The Hall–Kier alpha value is -8.34. The van der Waals surface area contributed by atoms with Gasteiger partial charge in [0.15, 0.2) is 0 Å². The maximum atomic E-state index is 6.74. The van der Waals surface area contributed by atoms with Gasteiger partial charge in [0, 0.05) is 66.4 Å². The monoisotopic (exact) mass is 792 g/mol. The van der Waals surface area contributed by atoms with E-state index in [4.69, 9.17) is 8.83 Å². The number of rotatable bonds is 6. The Morgan fingerprint density at radius 3 is 1.76 bits per heavy atom. The number of anilines is 3. The first-order valence-electron chi connectivity index (χ1n) is 21.1. The van der Waals surface area contributed by atoms with Crippen LogP contribution in [0, 0.1) is 0 Å². The molecule has 0 saturated heterocycles. The van der Waals surface area contributed by atoms with E-state index in [1.807, 2.05) is 18.2 Å². The van der Waals surface area contributed by atoms with Gasteiger partial charge in [0.2, 0.25) is 0 Å². The highest BCUT2D eigenvalue weighted by atomic mass is 16.3. The zero-order chi connectivity index (χ0) is 40.7. The number of para-hydroxylation sites is 3. The van der Waals surface area contributed by atoms with Crippen LogP contribution < -0.4 is 4.90 Å². The molecule has 0 radical (unpaired) electrons. The third-order valence-electron chi connectivity index (χ3n) is 12.6. The van der Waals surface area contributed by atoms with Crippen LogP contribution in [-0.4, -0.2) is 4.57 Å². The van der Waals surface area contributed by atoms with E-state index in [0.29, 0.717) is 0 Å². The second kappa shape index (κ2) is 13.6. The van der Waals surface area contributed by atoms with Gasteiger partial charge in [-0.15, -0.1) is 0 Å². The van der Waals surface area contributed by atoms with E-state index in [1.54, 1.807) is 0 Å². The molecule has 0 bridgehead atoms. The second-order valence-corrected chi connectivity index (χ2v) is 16.0. The lowest BCUT2D eigenvalue weighted by Gasteiger charge is -2.27. The van der Waals surface area contributed by atoms with Crippen LogP contribution >= 0.6 is 0 Å². The van der Waals surface area contributed by atoms with Crippen molar-refractivity contribution < 1.29 is 8.83 Å². The van der Waals surface area contributed by atoms with Crippen molar-refractivity contribution in [2.24, 2.45) is 0 Å². The number of furan rings is 2. The number of nitrogens with zero attached hydrogens (tertiary/aromatic N) is 2. The third kappa shape index (κ3) is 5.20. The van der Waals surface area contributed by atoms with E-state index < -0.39 is 0 Å². The Bertz CT molecular complexity index is 3850. The summed E-state index contributed by atoms with van der Waals surface area (Å²) < 4.78 is 15.5. The maximum absolute atomic E-state index is 6.74. The van der Waals surface area contributed by atoms with E-state index in [-0.39, 0.29) is 0 Å². The van der Waals surface area contributed by atoms with Crippen molar-refractivity contribution in [3.8, 4) is 27.9 Å². The molecule has 0 atom stereocenters. The molecule has 0 aliphatic rings. The van der Waals surface area contributed by atoms with Crippen LogP contribution in [0.25, 0.3) is 104 Å². The summed E-state index contributed by atoms with van der Waals surface area (Å²) in [4.78, 5) is 2.36. The molecule has 0 fully saturated rings. The van der Waals surface area contributed by atoms with Gasteiger partial charge in [-0.25, -0.2) is 0 Å². The molecule has 0 amide bonds. The summed E-state index contributed by atoms with van der Waals surface area (Å²) in [7, 11) is 0. The van der Waals surface area contributed by atoms with Crippen LogP contribution in [0.5, 0.6) is 0 Å². The second-order valence-electron chi connectivity index (χ2n) is 16.0. The van der Waals surface area contributed by atoms with Crippen LogP contribution in [0.15, 0.2) is 227 Å². The molecule has 62 heavy (non-hydrogen) atoms. The maximum Gasteiger partial charge on any atom is 0.138 e. The van der Waals surface area contributed by atoms with Crippen molar-refractivity contribution in [3.05, 3.63) is 218 Å². The van der Waals surface area contributed by atoms with Crippen LogP contribution in [0.4, 0.5) is 17.1 Å². The summed E-state index contributed by atoms with van der Waals surface area (Å²) in [5.41, 5.74) is 14.6. The molecular formula is C58H36N2O2. The number of fused-ring (bicyclic) bond motifs is 10. The minimum Gasteiger partial charge on any atom is -0.456 e. The van der Waals surface area contributed by atoms with Crippen molar-refractivity contribution in [2.45, 2.75) is 0 Å². The van der Waals surface area contributed by atoms with Gasteiger partial charge >= 0.3 is 0 Å². The lowest BCUT2D eigenvalue weighted by Crippen LogP contribution is -2.10. The normalized spacial score (nSPS) is 11.9. The molecular weight excluding hydrogens is 757 g/mol. The predicted octanol–water partition coefficient (Wildman–Crippen LogP) is 16.5. The Morgan fingerprint density at radius 1 is 0.355 bits per heavy atom. The molecule has 13 aromatic rings. The average Bonchev–Trinajstić information content (AvgIpc) is 4.01. The number of aromatic nitrogens is 1. The first-order chi connectivity index (χ1) is 30.8. The Balaban J connectivity index is 1.10. The van der Waals surface area contributed by atoms with Gasteiger partial charge in [0.1, 0.15) is 22.3 Å². The molecule has 290 valence electrons. The van der Waals surface area contributed by atoms with Gasteiger partial charge in [-0.2, -0.15) is 0 Å². The van der Waals surface area contributed by atoms with Crippen molar-refractivity contribution in [1.82, 2.24) is 4.57 Å². The highest BCUT2D eigenvalue weighted by molar-refractivity contribution is 6.27. The van der Waals surface area contributed by atoms with E-state index in [9.17, 15) is 0 Å². The molecule has 4 nitrogen and oxygen atoms in total. The van der Waals surface area contributed by atoms with Crippen LogP contribution in [0.2, 0.25) is 0 Å². The van der Waals surface area contributed by atoms with Crippen molar-refractivity contribution in [3.63, 3.8) is 0 Å². The van der Waals surface area contributed by atoms with E-state index in [0.717, 1.165) is 94.4 Å². The standard InChI is InChI=1S/C58H36N2O2/c1-3-16-38(17-4-1)55-57-45-34-29-39(44-24-14-28-53-56(44)46-22-9-11-26-51(46)61-53)35-49(45)60(50(57)36-54-58(55)47-23-10-12-27-52(47)62-54)42-32-30-41(31-33-42)59(40-19-5-2-6-20-40)48-25-13-18-37-15-7-8-21-43(37)48/h1-36H. The van der Waals surface area contributed by atoms with Crippen LogP contribution in [0.3, 0.4) is 0 Å². The SMILES string of the molecule is c1ccc(-c2c3c(cc4c2c2ccc(-c5cccc6oc7ccccc7c56)cc2n4-c2ccc(N(c4ccccc4)c4cccc5ccccc45)cc2)oc2ccccc23)cc1. The highest BCUT2D eigenvalue weighted by Gasteiger charge is 2.24. The molecule has 0 saturated carbocycles. The van der Waals surface area contributed by atoms with E-state index >= 15 is 0 Å². The number of hydrogen-bond donors (Lipinski definition) is 0. The molecule has 4 heteroatoms. The average molecular weight is 793 g/mol. The molecule has 3 heterocycles.